The van der Waals surface area contributed by atoms with Crippen LogP contribution in [-0.2, 0) is 14.3 Å². The number of allylic oxidation sites excluding steroid dienone is 1. The maximum atomic E-state index is 12.8. The molecule has 0 saturated heterocycles. The van der Waals surface area contributed by atoms with Crippen molar-refractivity contribution < 1.29 is 19.1 Å². The van der Waals surface area contributed by atoms with Gasteiger partial charge in [0.05, 0.1) is 24.8 Å². The predicted octanol–water partition coefficient (Wildman–Crippen LogP) is 4.17. The number of carbonyl (C=O) groups is 2. The number of benzene rings is 1. The lowest BCUT2D eigenvalue weighted by atomic mass is 10.00. The minimum atomic E-state index is -0.612. The van der Waals surface area contributed by atoms with Crippen molar-refractivity contribution in [2.24, 2.45) is 0 Å². The smallest absolute Gasteiger partial charge is 0.415 e. The van der Waals surface area contributed by atoms with Gasteiger partial charge in [0.2, 0.25) is 0 Å². The van der Waals surface area contributed by atoms with E-state index in [-0.39, 0.29) is 12.4 Å². The van der Waals surface area contributed by atoms with E-state index in [1.807, 2.05) is 58.0 Å². The Balaban J connectivity index is 2.41. The minimum Gasteiger partial charge on any atom is -0.466 e. The first-order valence-electron chi connectivity index (χ1n) is 8.22. The number of carbonyl (C=O) groups excluding carboxylic acids is 2. The van der Waals surface area contributed by atoms with Crippen LogP contribution >= 0.6 is 0 Å². The molecule has 24 heavy (non-hydrogen) atoms. The van der Waals surface area contributed by atoms with E-state index in [1.54, 1.807) is 11.8 Å². The highest BCUT2D eigenvalue weighted by molar-refractivity contribution is 6.03. The quantitative estimate of drug-likeness (QED) is 0.780. The third-order valence-corrected chi connectivity index (χ3v) is 3.71. The summed E-state index contributed by atoms with van der Waals surface area (Å²) in [7, 11) is 0. The van der Waals surface area contributed by atoms with Crippen LogP contribution in [0.25, 0.3) is 5.57 Å². The van der Waals surface area contributed by atoms with E-state index in [9.17, 15) is 9.59 Å². The molecule has 1 amide bonds. The van der Waals surface area contributed by atoms with Crippen LogP contribution in [0.15, 0.2) is 30.3 Å². The van der Waals surface area contributed by atoms with Gasteiger partial charge in [-0.05, 0) is 46.3 Å². The molecule has 2 rings (SSSR count). The summed E-state index contributed by atoms with van der Waals surface area (Å²) in [6.07, 6.45) is 1.58. The lowest BCUT2D eigenvalue weighted by molar-refractivity contribution is -0.143. The normalized spacial score (nSPS) is 18.5. The number of hydrogen-bond acceptors (Lipinski definition) is 4. The fourth-order valence-electron chi connectivity index (χ4n) is 2.88. The van der Waals surface area contributed by atoms with E-state index in [0.29, 0.717) is 6.61 Å². The van der Waals surface area contributed by atoms with Crippen LogP contribution in [0.3, 0.4) is 0 Å². The third kappa shape index (κ3) is 3.78. The molecule has 1 aromatic carbocycles. The standard InChI is InChI=1S/C19H25NO4/c1-6-13-14-10-8-9-11-15(14)20(18(22)24-19(3,4)5)16(13)12-17(21)23-7-2/h6,8-11,16H,7,12H2,1-5H3/b13-6+. The summed E-state index contributed by atoms with van der Waals surface area (Å²) in [4.78, 5) is 26.4. The van der Waals surface area contributed by atoms with Crippen molar-refractivity contribution >= 4 is 23.3 Å². The lowest BCUT2D eigenvalue weighted by Gasteiger charge is -2.29. The molecule has 0 aliphatic carbocycles. The van der Waals surface area contributed by atoms with E-state index in [2.05, 4.69) is 0 Å². The molecule has 0 aromatic heterocycles. The van der Waals surface area contributed by atoms with Gasteiger partial charge in [-0.15, -0.1) is 0 Å². The Kier molecular flexibility index (Phi) is 5.32. The van der Waals surface area contributed by atoms with Gasteiger partial charge in [-0.2, -0.15) is 0 Å². The molecule has 0 fully saturated rings. The highest BCUT2D eigenvalue weighted by Gasteiger charge is 2.40. The van der Waals surface area contributed by atoms with Crippen molar-refractivity contribution in [3.05, 3.63) is 35.9 Å². The van der Waals surface area contributed by atoms with Gasteiger partial charge in [-0.25, -0.2) is 4.79 Å². The van der Waals surface area contributed by atoms with Gasteiger partial charge < -0.3 is 9.47 Å². The van der Waals surface area contributed by atoms with E-state index in [4.69, 9.17) is 9.47 Å². The lowest BCUT2D eigenvalue weighted by Crippen LogP contribution is -2.42. The molecule has 0 N–H and O–H groups in total. The van der Waals surface area contributed by atoms with Gasteiger partial charge in [0.15, 0.2) is 0 Å². The number of ether oxygens (including phenoxy) is 2. The summed E-state index contributed by atoms with van der Waals surface area (Å²) >= 11 is 0. The average Bonchev–Trinajstić information content (AvgIpc) is 2.78. The second kappa shape index (κ2) is 7.07. The first-order valence-corrected chi connectivity index (χ1v) is 8.22. The molecule has 130 valence electrons. The SMILES string of the molecule is C/C=C1\c2ccccc2N(C(=O)OC(C)(C)C)C1CC(=O)OCC. The Hall–Kier alpha value is -2.30. The molecule has 1 aliphatic heterocycles. The van der Waals surface area contributed by atoms with Crippen molar-refractivity contribution in [1.29, 1.82) is 0 Å². The number of para-hydroxylation sites is 1. The Morgan fingerprint density at radius 3 is 2.50 bits per heavy atom. The van der Waals surface area contributed by atoms with E-state index in [0.717, 1.165) is 16.8 Å². The van der Waals surface area contributed by atoms with Gasteiger partial charge in [-0.3, -0.25) is 9.69 Å². The van der Waals surface area contributed by atoms with Crippen LogP contribution in [0, 0.1) is 0 Å². The molecule has 0 saturated carbocycles. The first-order chi connectivity index (χ1) is 11.3. The number of fused-ring (bicyclic) bond motifs is 1. The first kappa shape index (κ1) is 18.0. The minimum absolute atomic E-state index is 0.0986. The van der Waals surface area contributed by atoms with Crippen molar-refractivity contribution in [3.63, 3.8) is 0 Å². The highest BCUT2D eigenvalue weighted by atomic mass is 16.6. The molecule has 5 heteroatoms. The zero-order valence-corrected chi connectivity index (χ0v) is 15.0. The Labute approximate surface area is 143 Å². The zero-order valence-electron chi connectivity index (χ0n) is 15.0. The molecule has 1 heterocycles. The summed E-state index contributed by atoms with van der Waals surface area (Å²) < 4.78 is 10.6. The predicted molar refractivity (Wildman–Crippen MR) is 93.8 cm³/mol. The Morgan fingerprint density at radius 1 is 1.25 bits per heavy atom. The monoisotopic (exact) mass is 331 g/mol. The van der Waals surface area contributed by atoms with Crippen LogP contribution in [0.2, 0.25) is 0 Å². The summed E-state index contributed by atoms with van der Waals surface area (Å²) in [6.45, 7) is 9.46. The molecule has 5 nitrogen and oxygen atoms in total. The maximum Gasteiger partial charge on any atom is 0.415 e. The second-order valence-corrected chi connectivity index (χ2v) is 6.64. The number of anilines is 1. The number of hydrogen-bond donors (Lipinski definition) is 0. The summed E-state index contributed by atoms with van der Waals surface area (Å²) in [5, 5.41) is 0. The topological polar surface area (TPSA) is 55.8 Å². The van der Waals surface area contributed by atoms with Crippen LogP contribution < -0.4 is 4.90 Å². The van der Waals surface area contributed by atoms with Crippen LogP contribution in [-0.4, -0.2) is 30.3 Å². The Morgan fingerprint density at radius 2 is 1.92 bits per heavy atom. The largest absolute Gasteiger partial charge is 0.466 e. The van der Waals surface area contributed by atoms with E-state index >= 15 is 0 Å². The molecular weight excluding hydrogens is 306 g/mol. The zero-order chi connectivity index (χ0) is 17.9. The van der Waals surface area contributed by atoms with Crippen molar-refractivity contribution in [1.82, 2.24) is 0 Å². The van der Waals surface area contributed by atoms with Gasteiger partial charge in [0.25, 0.3) is 0 Å². The summed E-state index contributed by atoms with van der Waals surface area (Å²) in [5.74, 6) is -0.330. The fraction of sp³-hybridized carbons (Fsp3) is 0.474. The molecule has 1 aromatic rings. The molecule has 0 radical (unpaired) electrons. The van der Waals surface area contributed by atoms with Gasteiger partial charge >= 0.3 is 12.1 Å². The Bertz CT molecular complexity index is 658. The van der Waals surface area contributed by atoms with E-state index in [1.165, 1.54) is 0 Å². The summed E-state index contributed by atoms with van der Waals surface area (Å²) in [6, 6.07) is 7.20. The van der Waals surface area contributed by atoms with Gasteiger partial charge in [0, 0.05) is 5.56 Å². The molecule has 0 spiro atoms. The number of amides is 1. The molecule has 1 aliphatic rings. The number of rotatable bonds is 3. The fourth-order valence-corrected chi connectivity index (χ4v) is 2.88. The van der Waals surface area contributed by atoms with Crippen molar-refractivity contribution in [3.8, 4) is 0 Å². The maximum absolute atomic E-state index is 12.8. The number of nitrogens with zero attached hydrogens (tertiary/aromatic N) is 1. The average molecular weight is 331 g/mol. The molecule has 1 atom stereocenters. The molecule has 0 bridgehead atoms. The van der Waals surface area contributed by atoms with Crippen LogP contribution in [0.1, 0.15) is 46.6 Å². The van der Waals surface area contributed by atoms with Crippen LogP contribution in [0.4, 0.5) is 10.5 Å². The van der Waals surface area contributed by atoms with Gasteiger partial charge in [-0.1, -0.05) is 24.3 Å². The number of esters is 1. The van der Waals surface area contributed by atoms with Crippen molar-refractivity contribution in [2.45, 2.75) is 52.7 Å². The van der Waals surface area contributed by atoms with Gasteiger partial charge in [0.1, 0.15) is 5.60 Å². The molecular formula is C19H25NO4. The highest BCUT2D eigenvalue weighted by Crippen LogP contribution is 2.42. The van der Waals surface area contributed by atoms with Crippen LogP contribution in [0.5, 0.6) is 0 Å². The molecule has 1 unspecified atom stereocenters. The van der Waals surface area contributed by atoms with E-state index < -0.39 is 17.7 Å². The second-order valence-electron chi connectivity index (χ2n) is 6.64. The summed E-state index contributed by atoms with van der Waals surface area (Å²) in [5.41, 5.74) is 2.03. The third-order valence-electron chi connectivity index (χ3n) is 3.71. The van der Waals surface area contributed by atoms with Crippen molar-refractivity contribution in [2.75, 3.05) is 11.5 Å².